The summed E-state index contributed by atoms with van der Waals surface area (Å²) in [6, 6.07) is 0.751. The summed E-state index contributed by atoms with van der Waals surface area (Å²) in [5.41, 5.74) is 0. The summed E-state index contributed by atoms with van der Waals surface area (Å²) in [6.45, 7) is 8.76. The second-order valence-corrected chi connectivity index (χ2v) is 4.29. The van der Waals surface area contributed by atoms with Crippen LogP contribution in [0, 0.1) is 5.92 Å². The molecule has 0 aromatic carbocycles. The number of rotatable bonds is 5. The van der Waals surface area contributed by atoms with Crippen molar-refractivity contribution in [3.8, 4) is 0 Å². The molecule has 4 heteroatoms. The van der Waals surface area contributed by atoms with Crippen molar-refractivity contribution in [3.05, 3.63) is 12.2 Å². The molecule has 0 saturated carbocycles. The van der Waals surface area contributed by atoms with Crippen molar-refractivity contribution in [3.63, 3.8) is 0 Å². The van der Waals surface area contributed by atoms with E-state index in [1.165, 1.54) is 6.42 Å². The summed E-state index contributed by atoms with van der Waals surface area (Å²) in [4.78, 5) is 4.12. The fourth-order valence-electron chi connectivity index (χ4n) is 1.70. The third-order valence-electron chi connectivity index (χ3n) is 2.20. The Balaban J connectivity index is 2.37. The fraction of sp³-hybridized carbons (Fsp3) is 0.800. The molecular formula is C10H20N4. The summed E-state index contributed by atoms with van der Waals surface area (Å²) in [6.07, 6.45) is 2.72. The van der Waals surface area contributed by atoms with E-state index in [4.69, 9.17) is 0 Å². The van der Waals surface area contributed by atoms with E-state index >= 15 is 0 Å². The van der Waals surface area contributed by atoms with Gasteiger partial charge in [0.25, 0.3) is 0 Å². The first kappa shape index (κ1) is 11.2. The van der Waals surface area contributed by atoms with Gasteiger partial charge in [0.15, 0.2) is 0 Å². The summed E-state index contributed by atoms with van der Waals surface area (Å²) in [5, 5.41) is 10.2. The second kappa shape index (κ2) is 5.10. The van der Waals surface area contributed by atoms with Gasteiger partial charge in [-0.3, -0.25) is 5.10 Å². The zero-order valence-corrected chi connectivity index (χ0v) is 9.41. The Bertz CT molecular complexity index is 243. The molecule has 1 rings (SSSR count). The summed E-state index contributed by atoms with van der Waals surface area (Å²) in [5.74, 6) is 1.63. The molecule has 0 amide bonds. The molecule has 0 radical (unpaired) electrons. The monoisotopic (exact) mass is 196 g/mol. The van der Waals surface area contributed by atoms with E-state index in [-0.39, 0.29) is 6.04 Å². The van der Waals surface area contributed by atoms with Gasteiger partial charge in [-0.1, -0.05) is 13.8 Å². The van der Waals surface area contributed by atoms with E-state index in [1.54, 1.807) is 6.33 Å². The minimum atomic E-state index is 0.242. The third-order valence-corrected chi connectivity index (χ3v) is 2.20. The Morgan fingerprint density at radius 2 is 2.07 bits per heavy atom. The number of aromatic nitrogens is 3. The van der Waals surface area contributed by atoms with Crippen molar-refractivity contribution in [2.24, 2.45) is 5.92 Å². The molecule has 0 aliphatic heterocycles. The lowest BCUT2D eigenvalue weighted by atomic mass is 10.0. The number of nitrogens with zero attached hydrogens (tertiary/aromatic N) is 2. The first-order chi connectivity index (χ1) is 6.59. The van der Waals surface area contributed by atoms with Crippen LogP contribution in [0.15, 0.2) is 6.33 Å². The first-order valence-corrected chi connectivity index (χ1v) is 5.21. The predicted molar refractivity (Wildman–Crippen MR) is 56.9 cm³/mol. The van der Waals surface area contributed by atoms with Crippen LogP contribution in [0.25, 0.3) is 0 Å². The van der Waals surface area contributed by atoms with Crippen molar-refractivity contribution in [1.82, 2.24) is 20.5 Å². The van der Waals surface area contributed by atoms with Crippen LogP contribution < -0.4 is 5.32 Å². The van der Waals surface area contributed by atoms with Gasteiger partial charge in [-0.25, -0.2) is 4.98 Å². The summed E-state index contributed by atoms with van der Waals surface area (Å²) in [7, 11) is 0. The van der Waals surface area contributed by atoms with Crippen LogP contribution >= 0.6 is 0 Å². The maximum Gasteiger partial charge on any atom is 0.141 e. The highest BCUT2D eigenvalue weighted by Gasteiger charge is 2.12. The largest absolute Gasteiger partial charge is 0.305 e. The molecule has 1 heterocycles. The molecule has 0 saturated heterocycles. The van der Waals surface area contributed by atoms with Crippen LogP contribution in [0.2, 0.25) is 0 Å². The number of aromatic amines is 1. The van der Waals surface area contributed by atoms with Crippen molar-refractivity contribution in [1.29, 1.82) is 0 Å². The molecule has 2 unspecified atom stereocenters. The Kier molecular flexibility index (Phi) is 4.07. The van der Waals surface area contributed by atoms with E-state index in [1.807, 2.05) is 0 Å². The maximum atomic E-state index is 4.12. The quantitative estimate of drug-likeness (QED) is 0.756. The van der Waals surface area contributed by atoms with Gasteiger partial charge in [0.1, 0.15) is 12.2 Å². The highest BCUT2D eigenvalue weighted by molar-refractivity contribution is 4.89. The first-order valence-electron chi connectivity index (χ1n) is 5.21. The van der Waals surface area contributed by atoms with E-state index in [2.05, 4.69) is 48.2 Å². The van der Waals surface area contributed by atoms with Gasteiger partial charge in [-0.2, -0.15) is 5.10 Å². The molecule has 0 fully saturated rings. The van der Waals surface area contributed by atoms with Crippen molar-refractivity contribution >= 4 is 0 Å². The SMILES string of the molecule is CC(C)CC(C)NC(C)c1ncn[nH]1. The number of nitrogens with one attached hydrogen (secondary N) is 2. The number of H-pyrrole nitrogens is 1. The lowest BCUT2D eigenvalue weighted by Crippen LogP contribution is -2.30. The Hall–Kier alpha value is -0.900. The molecule has 2 N–H and O–H groups in total. The van der Waals surface area contributed by atoms with E-state index in [0.717, 1.165) is 11.7 Å². The molecule has 1 aromatic heterocycles. The Morgan fingerprint density at radius 1 is 1.36 bits per heavy atom. The van der Waals surface area contributed by atoms with Gasteiger partial charge in [0, 0.05) is 6.04 Å². The van der Waals surface area contributed by atoms with Crippen LogP contribution in [0.3, 0.4) is 0 Å². The normalized spacial score (nSPS) is 15.8. The van der Waals surface area contributed by atoms with Gasteiger partial charge < -0.3 is 5.32 Å². The molecule has 0 bridgehead atoms. The van der Waals surface area contributed by atoms with Crippen LogP contribution in [-0.2, 0) is 0 Å². The molecule has 0 spiro atoms. The Morgan fingerprint density at radius 3 is 2.57 bits per heavy atom. The lowest BCUT2D eigenvalue weighted by Gasteiger charge is -2.19. The molecule has 1 aromatic rings. The topological polar surface area (TPSA) is 53.6 Å². The average Bonchev–Trinajstić information content (AvgIpc) is 2.53. The molecule has 4 nitrogen and oxygen atoms in total. The second-order valence-electron chi connectivity index (χ2n) is 4.29. The lowest BCUT2D eigenvalue weighted by molar-refractivity contribution is 0.399. The predicted octanol–water partition coefficient (Wildman–Crippen LogP) is 1.89. The van der Waals surface area contributed by atoms with Crippen LogP contribution in [0.4, 0.5) is 0 Å². The highest BCUT2D eigenvalue weighted by atomic mass is 15.2. The van der Waals surface area contributed by atoms with Crippen LogP contribution in [-0.4, -0.2) is 21.2 Å². The number of hydrogen-bond donors (Lipinski definition) is 2. The van der Waals surface area contributed by atoms with Crippen LogP contribution in [0.5, 0.6) is 0 Å². The van der Waals surface area contributed by atoms with Gasteiger partial charge in [-0.15, -0.1) is 0 Å². The zero-order valence-electron chi connectivity index (χ0n) is 9.41. The smallest absolute Gasteiger partial charge is 0.141 e. The fourth-order valence-corrected chi connectivity index (χ4v) is 1.70. The Labute approximate surface area is 85.5 Å². The minimum absolute atomic E-state index is 0.242. The zero-order chi connectivity index (χ0) is 10.6. The average molecular weight is 196 g/mol. The van der Waals surface area contributed by atoms with Gasteiger partial charge in [-0.05, 0) is 26.2 Å². The van der Waals surface area contributed by atoms with Crippen molar-refractivity contribution < 1.29 is 0 Å². The van der Waals surface area contributed by atoms with E-state index in [9.17, 15) is 0 Å². The molecule has 0 aliphatic rings. The summed E-state index contributed by atoms with van der Waals surface area (Å²) < 4.78 is 0. The van der Waals surface area contributed by atoms with Gasteiger partial charge in [0.05, 0.1) is 6.04 Å². The van der Waals surface area contributed by atoms with Crippen molar-refractivity contribution in [2.45, 2.75) is 46.2 Å². The molecule has 14 heavy (non-hydrogen) atoms. The molecule has 0 aliphatic carbocycles. The number of hydrogen-bond acceptors (Lipinski definition) is 3. The van der Waals surface area contributed by atoms with E-state index < -0.39 is 0 Å². The molecule has 80 valence electrons. The molecular weight excluding hydrogens is 176 g/mol. The third kappa shape index (κ3) is 3.46. The van der Waals surface area contributed by atoms with Crippen molar-refractivity contribution in [2.75, 3.05) is 0 Å². The van der Waals surface area contributed by atoms with Gasteiger partial charge >= 0.3 is 0 Å². The maximum absolute atomic E-state index is 4.12. The van der Waals surface area contributed by atoms with E-state index in [0.29, 0.717) is 6.04 Å². The minimum Gasteiger partial charge on any atom is -0.305 e. The highest BCUT2D eigenvalue weighted by Crippen LogP contribution is 2.10. The summed E-state index contributed by atoms with van der Waals surface area (Å²) >= 11 is 0. The van der Waals surface area contributed by atoms with Crippen LogP contribution in [0.1, 0.15) is 46.0 Å². The molecule has 2 atom stereocenters. The van der Waals surface area contributed by atoms with Gasteiger partial charge in [0.2, 0.25) is 0 Å². The standard InChI is InChI=1S/C10H20N4/c1-7(2)5-8(3)13-9(4)10-11-6-12-14-10/h6-9,13H,5H2,1-4H3,(H,11,12,14).